The van der Waals surface area contributed by atoms with E-state index in [0.717, 1.165) is 34.6 Å². The minimum atomic E-state index is 0.0876. The monoisotopic (exact) mass is 292 g/mol. The lowest BCUT2D eigenvalue weighted by molar-refractivity contribution is 0.386. The molecule has 1 unspecified atom stereocenters. The van der Waals surface area contributed by atoms with Gasteiger partial charge in [-0.05, 0) is 37.9 Å². The minimum Gasteiger partial charge on any atom is -0.329 e. The molecule has 0 aliphatic heterocycles. The van der Waals surface area contributed by atoms with Crippen LogP contribution >= 0.6 is 11.6 Å². The summed E-state index contributed by atoms with van der Waals surface area (Å²) in [6.07, 6.45) is 1.79. The fourth-order valence-electron chi connectivity index (χ4n) is 2.22. The number of aromatic nitrogens is 1. The van der Waals surface area contributed by atoms with Gasteiger partial charge in [-0.2, -0.15) is 0 Å². The van der Waals surface area contributed by atoms with E-state index in [4.69, 9.17) is 17.3 Å². The normalized spacial score (nSPS) is 13.1. The number of nitrogens with one attached hydrogen (secondary N) is 1. The van der Waals surface area contributed by atoms with Crippen molar-refractivity contribution in [2.24, 2.45) is 5.73 Å². The predicted molar refractivity (Wildman–Crippen MR) is 85.1 cm³/mol. The van der Waals surface area contributed by atoms with Crippen molar-refractivity contribution >= 4 is 22.5 Å². The number of likely N-dealkylation sites (N-methyl/N-ethyl adjacent to an activating group) is 1. The smallest absolute Gasteiger partial charge is 0.0765 e. The molecular formula is C15H21ClN4. The molecule has 0 aliphatic carbocycles. The second-order valence-electron chi connectivity index (χ2n) is 5.08. The van der Waals surface area contributed by atoms with Gasteiger partial charge in [-0.3, -0.25) is 4.98 Å². The number of rotatable bonds is 6. The zero-order valence-corrected chi connectivity index (χ0v) is 12.7. The van der Waals surface area contributed by atoms with Crippen molar-refractivity contribution in [1.82, 2.24) is 15.2 Å². The van der Waals surface area contributed by atoms with Crippen molar-refractivity contribution in [2.75, 3.05) is 33.7 Å². The van der Waals surface area contributed by atoms with Crippen molar-refractivity contribution in [3.8, 4) is 0 Å². The summed E-state index contributed by atoms with van der Waals surface area (Å²) >= 11 is 6.22. The highest BCUT2D eigenvalue weighted by atomic mass is 35.5. The van der Waals surface area contributed by atoms with Crippen LogP contribution in [0.5, 0.6) is 0 Å². The summed E-state index contributed by atoms with van der Waals surface area (Å²) in [6.45, 7) is 2.38. The molecule has 1 atom stereocenters. The summed E-state index contributed by atoms with van der Waals surface area (Å²) in [7, 11) is 4.11. The Hall–Kier alpha value is -1.20. The van der Waals surface area contributed by atoms with Crippen LogP contribution in [0.1, 0.15) is 11.6 Å². The maximum atomic E-state index is 6.22. The lowest BCUT2D eigenvalue weighted by atomic mass is 10.0. The van der Waals surface area contributed by atoms with E-state index >= 15 is 0 Å². The van der Waals surface area contributed by atoms with E-state index in [9.17, 15) is 0 Å². The van der Waals surface area contributed by atoms with E-state index in [2.05, 4.69) is 29.3 Å². The summed E-state index contributed by atoms with van der Waals surface area (Å²) < 4.78 is 0. The van der Waals surface area contributed by atoms with Crippen molar-refractivity contribution in [2.45, 2.75) is 6.04 Å². The van der Waals surface area contributed by atoms with Gasteiger partial charge in [-0.25, -0.2) is 0 Å². The molecule has 0 saturated heterocycles. The average Bonchev–Trinajstić information content (AvgIpc) is 2.45. The van der Waals surface area contributed by atoms with Gasteiger partial charge in [0.1, 0.15) is 0 Å². The van der Waals surface area contributed by atoms with E-state index < -0.39 is 0 Å². The van der Waals surface area contributed by atoms with Crippen LogP contribution in [0.15, 0.2) is 30.5 Å². The molecule has 1 aromatic carbocycles. The third kappa shape index (κ3) is 3.46. The zero-order valence-electron chi connectivity index (χ0n) is 11.9. The van der Waals surface area contributed by atoms with Crippen LogP contribution in [0.2, 0.25) is 5.02 Å². The highest BCUT2D eigenvalue weighted by molar-refractivity contribution is 6.35. The quantitative estimate of drug-likeness (QED) is 0.855. The van der Waals surface area contributed by atoms with E-state index in [1.54, 1.807) is 6.20 Å². The lowest BCUT2D eigenvalue weighted by Gasteiger charge is -2.20. The molecule has 0 amide bonds. The fraction of sp³-hybridized carbons (Fsp3) is 0.400. The Morgan fingerprint density at radius 1 is 1.35 bits per heavy atom. The SMILES string of the molecule is CN(C)CCNC(CN)c1ccc(Cl)c2cccnc12. The van der Waals surface area contributed by atoms with Crippen molar-refractivity contribution in [3.05, 3.63) is 41.0 Å². The average molecular weight is 293 g/mol. The highest BCUT2D eigenvalue weighted by Gasteiger charge is 2.14. The van der Waals surface area contributed by atoms with Crippen LogP contribution in [0, 0.1) is 0 Å². The van der Waals surface area contributed by atoms with Crippen molar-refractivity contribution in [1.29, 1.82) is 0 Å². The standard InChI is InChI=1S/C15H21ClN4/c1-20(2)9-8-18-14(10-17)12-5-6-13(16)11-4-3-7-19-15(11)12/h3-7,14,18H,8-10,17H2,1-2H3. The zero-order chi connectivity index (χ0) is 14.5. The van der Waals surface area contributed by atoms with Gasteiger partial charge >= 0.3 is 0 Å². The minimum absolute atomic E-state index is 0.0876. The maximum Gasteiger partial charge on any atom is 0.0765 e. The molecule has 0 bridgehead atoms. The summed E-state index contributed by atoms with van der Waals surface area (Å²) in [6, 6.07) is 7.90. The molecule has 0 aliphatic rings. The molecule has 4 nitrogen and oxygen atoms in total. The van der Waals surface area contributed by atoms with E-state index in [-0.39, 0.29) is 6.04 Å². The first-order chi connectivity index (χ1) is 9.63. The first kappa shape index (κ1) is 15.2. The number of hydrogen-bond acceptors (Lipinski definition) is 4. The number of nitrogens with zero attached hydrogens (tertiary/aromatic N) is 2. The summed E-state index contributed by atoms with van der Waals surface area (Å²) in [5, 5.41) is 5.17. The molecule has 5 heteroatoms. The van der Waals surface area contributed by atoms with Gasteiger partial charge in [0.15, 0.2) is 0 Å². The lowest BCUT2D eigenvalue weighted by Crippen LogP contribution is -2.33. The van der Waals surface area contributed by atoms with Gasteiger partial charge in [0.25, 0.3) is 0 Å². The number of fused-ring (bicyclic) bond motifs is 1. The Balaban J connectivity index is 2.28. The van der Waals surface area contributed by atoms with Crippen LogP contribution in [0.25, 0.3) is 10.9 Å². The van der Waals surface area contributed by atoms with E-state index in [0.29, 0.717) is 6.54 Å². The van der Waals surface area contributed by atoms with Crippen LogP contribution in [-0.2, 0) is 0 Å². The van der Waals surface area contributed by atoms with Gasteiger partial charge in [-0.1, -0.05) is 17.7 Å². The van der Waals surface area contributed by atoms with Gasteiger partial charge in [0, 0.05) is 42.3 Å². The molecule has 108 valence electrons. The Bertz CT molecular complexity index is 571. The molecule has 0 radical (unpaired) electrons. The Morgan fingerprint density at radius 3 is 2.85 bits per heavy atom. The first-order valence-corrected chi connectivity index (χ1v) is 7.12. The third-order valence-corrected chi connectivity index (χ3v) is 3.64. The highest BCUT2D eigenvalue weighted by Crippen LogP contribution is 2.28. The van der Waals surface area contributed by atoms with Crippen LogP contribution in [-0.4, -0.2) is 43.6 Å². The second kappa shape index (κ2) is 6.99. The Morgan fingerprint density at radius 2 is 2.15 bits per heavy atom. The molecule has 2 rings (SSSR count). The molecular weight excluding hydrogens is 272 g/mol. The van der Waals surface area contributed by atoms with Gasteiger partial charge in [0.05, 0.1) is 5.52 Å². The molecule has 2 aromatic rings. The number of benzene rings is 1. The van der Waals surface area contributed by atoms with Gasteiger partial charge in [0.2, 0.25) is 0 Å². The van der Waals surface area contributed by atoms with Crippen LogP contribution in [0.3, 0.4) is 0 Å². The molecule has 0 fully saturated rings. The fourth-order valence-corrected chi connectivity index (χ4v) is 2.44. The maximum absolute atomic E-state index is 6.22. The molecule has 0 saturated carbocycles. The van der Waals surface area contributed by atoms with Crippen molar-refractivity contribution < 1.29 is 0 Å². The molecule has 0 spiro atoms. The van der Waals surface area contributed by atoms with E-state index in [1.807, 2.05) is 24.3 Å². The summed E-state index contributed by atoms with van der Waals surface area (Å²) in [5.74, 6) is 0. The van der Waals surface area contributed by atoms with E-state index in [1.165, 1.54) is 0 Å². The van der Waals surface area contributed by atoms with Gasteiger partial charge in [-0.15, -0.1) is 0 Å². The predicted octanol–water partition coefficient (Wildman–Crippen LogP) is 2.04. The molecule has 3 N–H and O–H groups in total. The van der Waals surface area contributed by atoms with Gasteiger partial charge < -0.3 is 16.0 Å². The van der Waals surface area contributed by atoms with Crippen molar-refractivity contribution in [3.63, 3.8) is 0 Å². The number of nitrogens with two attached hydrogens (primary N) is 1. The number of hydrogen-bond donors (Lipinski definition) is 2. The summed E-state index contributed by atoms with van der Waals surface area (Å²) in [4.78, 5) is 6.60. The largest absolute Gasteiger partial charge is 0.329 e. The summed E-state index contributed by atoms with van der Waals surface area (Å²) in [5.41, 5.74) is 7.94. The molecule has 1 heterocycles. The third-order valence-electron chi connectivity index (χ3n) is 3.31. The Kier molecular flexibility index (Phi) is 5.31. The molecule has 1 aromatic heterocycles. The van der Waals surface area contributed by atoms with Crippen LogP contribution < -0.4 is 11.1 Å². The topological polar surface area (TPSA) is 54.2 Å². The number of halogens is 1. The first-order valence-electron chi connectivity index (χ1n) is 6.74. The Labute approximate surface area is 124 Å². The number of pyridine rings is 1. The second-order valence-corrected chi connectivity index (χ2v) is 5.49. The van der Waals surface area contributed by atoms with Crippen LogP contribution in [0.4, 0.5) is 0 Å². The molecule has 20 heavy (non-hydrogen) atoms.